The van der Waals surface area contributed by atoms with Gasteiger partial charge in [0.15, 0.2) is 0 Å². The molecule has 82 valence electrons. The number of ether oxygens (including phenoxy) is 1. The van der Waals surface area contributed by atoms with Crippen LogP contribution in [0.15, 0.2) is 0 Å². The number of methoxy groups -OCH3 is 1. The Kier molecular flexibility index (Phi) is 4.69. The van der Waals surface area contributed by atoms with Gasteiger partial charge in [-0.15, -0.1) is 0 Å². The van der Waals surface area contributed by atoms with Crippen LogP contribution in [0, 0.1) is 0 Å². The van der Waals surface area contributed by atoms with E-state index in [2.05, 4.69) is 5.32 Å². The third kappa shape index (κ3) is 3.16. The van der Waals surface area contributed by atoms with Gasteiger partial charge in [0.1, 0.15) is 0 Å². The van der Waals surface area contributed by atoms with Crippen molar-refractivity contribution < 1.29 is 9.53 Å². The van der Waals surface area contributed by atoms with E-state index >= 15 is 0 Å². The van der Waals surface area contributed by atoms with Crippen molar-refractivity contribution in [3.63, 3.8) is 0 Å². The maximum absolute atomic E-state index is 11.5. The Bertz CT molecular complexity index is 179. The molecule has 0 spiro atoms. The Morgan fingerprint density at radius 1 is 1.57 bits per heavy atom. The van der Waals surface area contributed by atoms with Crippen LogP contribution in [-0.2, 0) is 4.74 Å². The molecule has 0 radical (unpaired) electrons. The number of carbonyl (C=O) groups is 1. The number of urea groups is 1. The van der Waals surface area contributed by atoms with E-state index in [1.807, 2.05) is 4.90 Å². The van der Waals surface area contributed by atoms with E-state index in [1.165, 1.54) is 0 Å². The largest absolute Gasteiger partial charge is 0.381 e. The van der Waals surface area contributed by atoms with Crippen LogP contribution in [0.1, 0.15) is 12.8 Å². The molecule has 0 unspecified atom stereocenters. The molecular formula is C9H19N3O2. The second-order valence-corrected chi connectivity index (χ2v) is 3.44. The zero-order valence-corrected chi connectivity index (χ0v) is 8.66. The number of piperidine rings is 1. The molecule has 1 aliphatic rings. The minimum absolute atomic E-state index is 0.00926. The predicted octanol–water partition coefficient (Wildman–Crippen LogP) is -0.234. The first kappa shape index (κ1) is 11.3. The number of carbonyl (C=O) groups excluding carboxylic acids is 1. The minimum atomic E-state index is -0.00926. The fraction of sp³-hybridized carbons (Fsp3) is 0.889. The number of amides is 2. The lowest BCUT2D eigenvalue weighted by atomic mass is 10.1. The minimum Gasteiger partial charge on any atom is -0.381 e. The molecule has 0 aromatic rings. The molecule has 5 heteroatoms. The normalized spacial score (nSPS) is 18.3. The van der Waals surface area contributed by atoms with Crippen LogP contribution >= 0.6 is 0 Å². The van der Waals surface area contributed by atoms with Crippen molar-refractivity contribution in [3.8, 4) is 0 Å². The second-order valence-electron chi connectivity index (χ2n) is 3.44. The van der Waals surface area contributed by atoms with Gasteiger partial charge in [0, 0.05) is 33.3 Å². The zero-order chi connectivity index (χ0) is 10.4. The number of nitrogens with two attached hydrogens (primary N) is 1. The number of hydrogen-bond acceptors (Lipinski definition) is 3. The molecule has 0 aliphatic carbocycles. The van der Waals surface area contributed by atoms with Gasteiger partial charge in [0.25, 0.3) is 0 Å². The van der Waals surface area contributed by atoms with E-state index in [-0.39, 0.29) is 6.03 Å². The highest BCUT2D eigenvalue weighted by Crippen LogP contribution is 2.12. The van der Waals surface area contributed by atoms with Gasteiger partial charge < -0.3 is 20.7 Å². The summed E-state index contributed by atoms with van der Waals surface area (Å²) in [5.74, 6) is 0. The van der Waals surface area contributed by atoms with E-state index in [1.54, 1.807) is 7.11 Å². The monoisotopic (exact) mass is 201 g/mol. The lowest BCUT2D eigenvalue weighted by molar-refractivity contribution is 0.0504. The van der Waals surface area contributed by atoms with Gasteiger partial charge in [-0.05, 0) is 12.8 Å². The summed E-state index contributed by atoms with van der Waals surface area (Å²) in [6.07, 6.45) is 2.16. The molecule has 14 heavy (non-hydrogen) atoms. The molecule has 1 saturated heterocycles. The van der Waals surface area contributed by atoms with Gasteiger partial charge in [-0.2, -0.15) is 0 Å². The Morgan fingerprint density at radius 3 is 2.71 bits per heavy atom. The first-order valence-electron chi connectivity index (χ1n) is 5.03. The average molecular weight is 201 g/mol. The summed E-state index contributed by atoms with van der Waals surface area (Å²) in [5, 5.41) is 2.76. The predicted molar refractivity (Wildman–Crippen MR) is 54.1 cm³/mol. The molecule has 1 heterocycles. The molecule has 2 amide bonds. The highest BCUT2D eigenvalue weighted by molar-refractivity contribution is 5.74. The van der Waals surface area contributed by atoms with Gasteiger partial charge in [-0.3, -0.25) is 0 Å². The Labute approximate surface area is 84.6 Å². The van der Waals surface area contributed by atoms with Crippen molar-refractivity contribution in [2.24, 2.45) is 5.73 Å². The summed E-state index contributed by atoms with van der Waals surface area (Å²) < 4.78 is 5.22. The molecule has 0 atom stereocenters. The number of hydrogen-bond donors (Lipinski definition) is 2. The summed E-state index contributed by atoms with van der Waals surface area (Å²) in [4.78, 5) is 13.3. The number of rotatable bonds is 3. The van der Waals surface area contributed by atoms with Crippen LogP contribution in [0.25, 0.3) is 0 Å². The van der Waals surface area contributed by atoms with Gasteiger partial charge in [-0.1, -0.05) is 0 Å². The van der Waals surface area contributed by atoms with Crippen LogP contribution in [0.5, 0.6) is 0 Å². The summed E-state index contributed by atoms with van der Waals surface area (Å²) >= 11 is 0. The van der Waals surface area contributed by atoms with E-state index in [0.717, 1.165) is 25.9 Å². The van der Waals surface area contributed by atoms with Crippen molar-refractivity contribution in [2.75, 3.05) is 33.3 Å². The lowest BCUT2D eigenvalue weighted by Gasteiger charge is -2.31. The SMILES string of the molecule is COC1CCN(C(=O)NCCN)CC1. The van der Waals surface area contributed by atoms with Crippen molar-refractivity contribution >= 4 is 6.03 Å². The van der Waals surface area contributed by atoms with Crippen molar-refractivity contribution in [2.45, 2.75) is 18.9 Å². The Hall–Kier alpha value is -0.810. The Morgan fingerprint density at radius 2 is 2.21 bits per heavy atom. The van der Waals surface area contributed by atoms with Crippen molar-refractivity contribution in [1.29, 1.82) is 0 Å². The fourth-order valence-corrected chi connectivity index (χ4v) is 1.59. The number of nitrogens with zero attached hydrogens (tertiary/aromatic N) is 1. The summed E-state index contributed by atoms with van der Waals surface area (Å²) in [5.41, 5.74) is 5.30. The molecule has 0 saturated carbocycles. The zero-order valence-electron chi connectivity index (χ0n) is 8.66. The first-order valence-corrected chi connectivity index (χ1v) is 5.03. The van der Waals surface area contributed by atoms with Crippen LogP contribution in [-0.4, -0.2) is 50.3 Å². The highest BCUT2D eigenvalue weighted by atomic mass is 16.5. The van der Waals surface area contributed by atoms with Crippen LogP contribution in [0.4, 0.5) is 4.79 Å². The van der Waals surface area contributed by atoms with Crippen LogP contribution in [0.2, 0.25) is 0 Å². The number of nitrogens with one attached hydrogen (secondary N) is 1. The average Bonchev–Trinajstić information content (AvgIpc) is 2.26. The standard InChI is InChI=1S/C9H19N3O2/c1-14-8-2-6-12(7-3-8)9(13)11-5-4-10/h8H,2-7,10H2,1H3,(H,11,13). The molecule has 0 bridgehead atoms. The van der Waals surface area contributed by atoms with Gasteiger partial charge in [-0.25, -0.2) is 4.79 Å². The molecule has 1 fully saturated rings. The van der Waals surface area contributed by atoms with Crippen LogP contribution in [0.3, 0.4) is 0 Å². The maximum atomic E-state index is 11.5. The number of likely N-dealkylation sites (tertiary alicyclic amines) is 1. The van der Waals surface area contributed by atoms with Gasteiger partial charge >= 0.3 is 6.03 Å². The lowest BCUT2D eigenvalue weighted by Crippen LogP contribution is -2.46. The summed E-state index contributed by atoms with van der Waals surface area (Å²) in [7, 11) is 1.72. The molecule has 0 aromatic carbocycles. The van der Waals surface area contributed by atoms with Crippen molar-refractivity contribution in [3.05, 3.63) is 0 Å². The molecule has 1 rings (SSSR count). The smallest absolute Gasteiger partial charge is 0.317 e. The maximum Gasteiger partial charge on any atom is 0.317 e. The summed E-state index contributed by atoms with van der Waals surface area (Å²) in [6, 6.07) is -0.00926. The van der Waals surface area contributed by atoms with E-state index in [4.69, 9.17) is 10.5 Å². The summed E-state index contributed by atoms with van der Waals surface area (Å²) in [6.45, 7) is 2.58. The molecule has 1 aliphatic heterocycles. The second kappa shape index (κ2) is 5.82. The Balaban J connectivity index is 2.23. The quantitative estimate of drug-likeness (QED) is 0.662. The van der Waals surface area contributed by atoms with Gasteiger partial charge in [0.05, 0.1) is 6.10 Å². The van der Waals surface area contributed by atoms with E-state index < -0.39 is 0 Å². The molecule has 3 N–H and O–H groups in total. The highest BCUT2D eigenvalue weighted by Gasteiger charge is 2.21. The third-order valence-electron chi connectivity index (χ3n) is 2.48. The topological polar surface area (TPSA) is 67.6 Å². The third-order valence-corrected chi connectivity index (χ3v) is 2.48. The van der Waals surface area contributed by atoms with E-state index in [9.17, 15) is 4.79 Å². The first-order chi connectivity index (χ1) is 6.77. The van der Waals surface area contributed by atoms with Gasteiger partial charge in [0.2, 0.25) is 0 Å². The van der Waals surface area contributed by atoms with Crippen LogP contribution < -0.4 is 11.1 Å². The van der Waals surface area contributed by atoms with E-state index in [0.29, 0.717) is 19.2 Å². The van der Waals surface area contributed by atoms with Crippen molar-refractivity contribution in [1.82, 2.24) is 10.2 Å². The molecular weight excluding hydrogens is 182 g/mol. The molecule has 0 aromatic heterocycles. The fourth-order valence-electron chi connectivity index (χ4n) is 1.59. The molecule has 5 nitrogen and oxygen atoms in total.